The van der Waals surface area contributed by atoms with E-state index in [2.05, 4.69) is 49.4 Å². The van der Waals surface area contributed by atoms with E-state index < -0.39 is 0 Å². The topological polar surface area (TPSA) is 64.6 Å². The molecule has 2 saturated heterocycles. The maximum absolute atomic E-state index is 12.5. The number of aromatic nitrogens is 2. The Hall–Kier alpha value is -2.67. The van der Waals surface area contributed by atoms with Gasteiger partial charge in [0.15, 0.2) is 11.5 Å². The molecule has 7 nitrogen and oxygen atoms in total. The Labute approximate surface area is 166 Å². The Kier molecular flexibility index (Phi) is 5.71. The van der Waals surface area contributed by atoms with Crippen LogP contribution in [-0.4, -0.2) is 67.3 Å². The first-order valence-corrected chi connectivity index (χ1v) is 10.1. The molecule has 28 heavy (non-hydrogen) atoms. The van der Waals surface area contributed by atoms with E-state index in [1.807, 2.05) is 18.2 Å². The third-order valence-electron chi connectivity index (χ3n) is 5.56. The Morgan fingerprint density at radius 2 is 1.54 bits per heavy atom. The zero-order valence-electron chi connectivity index (χ0n) is 16.5. The highest BCUT2D eigenvalue weighted by atomic mass is 16.1. The number of nitrogens with one attached hydrogen (secondary N) is 1. The van der Waals surface area contributed by atoms with Gasteiger partial charge in [-0.15, -0.1) is 10.2 Å². The van der Waals surface area contributed by atoms with E-state index in [0.717, 1.165) is 50.8 Å². The molecule has 0 atom stereocenters. The van der Waals surface area contributed by atoms with E-state index in [1.165, 1.54) is 24.9 Å². The smallest absolute Gasteiger partial charge is 0.276 e. The van der Waals surface area contributed by atoms with Crippen molar-refractivity contribution < 1.29 is 4.79 Å². The van der Waals surface area contributed by atoms with Crippen molar-refractivity contribution in [3.63, 3.8) is 0 Å². The summed E-state index contributed by atoms with van der Waals surface area (Å²) in [5.74, 6) is 0.596. The summed E-state index contributed by atoms with van der Waals surface area (Å²) in [5, 5.41) is 11.3. The van der Waals surface area contributed by atoms with E-state index in [0.29, 0.717) is 5.69 Å². The Balaban J connectivity index is 1.35. The van der Waals surface area contributed by atoms with Crippen molar-refractivity contribution in [2.24, 2.45) is 0 Å². The average Bonchev–Trinajstić information content (AvgIpc) is 2.75. The van der Waals surface area contributed by atoms with Crippen LogP contribution in [0.3, 0.4) is 0 Å². The average molecular weight is 380 g/mol. The summed E-state index contributed by atoms with van der Waals surface area (Å²) in [5.41, 5.74) is 2.32. The van der Waals surface area contributed by atoms with Crippen molar-refractivity contribution in [2.75, 3.05) is 61.4 Å². The predicted molar refractivity (Wildman–Crippen MR) is 112 cm³/mol. The van der Waals surface area contributed by atoms with Gasteiger partial charge in [0.05, 0.1) is 0 Å². The fourth-order valence-corrected chi connectivity index (χ4v) is 3.75. The summed E-state index contributed by atoms with van der Waals surface area (Å²) >= 11 is 0. The quantitative estimate of drug-likeness (QED) is 0.879. The number of piperidine rings is 1. The molecule has 1 amide bonds. The second-order valence-electron chi connectivity index (χ2n) is 7.62. The lowest BCUT2D eigenvalue weighted by Crippen LogP contribution is -2.44. The molecule has 2 fully saturated rings. The molecule has 1 aromatic heterocycles. The highest BCUT2D eigenvalue weighted by molar-refractivity contribution is 6.02. The minimum atomic E-state index is -0.233. The number of carbonyl (C=O) groups is 1. The third kappa shape index (κ3) is 4.42. The van der Waals surface area contributed by atoms with Crippen molar-refractivity contribution >= 4 is 23.1 Å². The number of likely N-dealkylation sites (N-methyl/N-ethyl adjacent to an activating group) is 1. The van der Waals surface area contributed by atoms with Crippen molar-refractivity contribution in [2.45, 2.75) is 19.3 Å². The molecule has 0 aliphatic carbocycles. The SMILES string of the molecule is CN1CCN(c2ccc(C(=O)Nc3ccc(N4CCCCC4)cc3)nn2)CC1. The van der Waals surface area contributed by atoms with Gasteiger partial charge in [0.2, 0.25) is 0 Å². The van der Waals surface area contributed by atoms with Gasteiger partial charge in [-0.25, -0.2) is 0 Å². The molecular formula is C21H28N6O. The van der Waals surface area contributed by atoms with Gasteiger partial charge in [-0.05, 0) is 62.7 Å². The molecule has 2 aliphatic heterocycles. The number of rotatable bonds is 4. The molecule has 7 heteroatoms. The van der Waals surface area contributed by atoms with Gasteiger partial charge in [-0.3, -0.25) is 4.79 Å². The second kappa shape index (κ2) is 8.56. The number of anilines is 3. The van der Waals surface area contributed by atoms with Crippen molar-refractivity contribution in [3.05, 3.63) is 42.1 Å². The highest BCUT2D eigenvalue weighted by Gasteiger charge is 2.17. The van der Waals surface area contributed by atoms with Crippen LogP contribution in [0.4, 0.5) is 17.2 Å². The summed E-state index contributed by atoms with van der Waals surface area (Å²) in [7, 11) is 2.12. The van der Waals surface area contributed by atoms with Crippen LogP contribution < -0.4 is 15.1 Å². The van der Waals surface area contributed by atoms with Gasteiger partial charge < -0.3 is 20.0 Å². The number of hydrogen-bond acceptors (Lipinski definition) is 6. The summed E-state index contributed by atoms with van der Waals surface area (Å²) in [6, 6.07) is 11.7. The number of carbonyl (C=O) groups excluding carboxylic acids is 1. The second-order valence-corrected chi connectivity index (χ2v) is 7.62. The Bertz CT molecular complexity index is 778. The molecule has 1 aromatic carbocycles. The fraction of sp³-hybridized carbons (Fsp3) is 0.476. The van der Waals surface area contributed by atoms with Crippen molar-refractivity contribution in [3.8, 4) is 0 Å². The lowest BCUT2D eigenvalue weighted by atomic mass is 10.1. The fourth-order valence-electron chi connectivity index (χ4n) is 3.75. The van der Waals surface area contributed by atoms with Crippen LogP contribution in [0.25, 0.3) is 0 Å². The van der Waals surface area contributed by atoms with E-state index in [9.17, 15) is 4.79 Å². The molecule has 2 aliphatic rings. The van der Waals surface area contributed by atoms with Crippen molar-refractivity contribution in [1.29, 1.82) is 0 Å². The number of amides is 1. The number of nitrogens with zero attached hydrogens (tertiary/aromatic N) is 5. The molecule has 0 bridgehead atoms. The van der Waals surface area contributed by atoms with Crippen LogP contribution in [0.5, 0.6) is 0 Å². The summed E-state index contributed by atoms with van der Waals surface area (Å²) in [4.78, 5) is 19.4. The standard InChI is InChI=1S/C21H28N6O/c1-25-13-15-27(16-14-25)20-10-9-19(23-24-20)21(28)22-17-5-7-18(8-6-17)26-11-3-2-4-12-26/h5-10H,2-4,11-16H2,1H3,(H,22,28). The number of hydrogen-bond donors (Lipinski definition) is 1. The lowest BCUT2D eigenvalue weighted by molar-refractivity contribution is 0.102. The van der Waals surface area contributed by atoms with Gasteiger partial charge in [0.25, 0.3) is 5.91 Å². The molecular weight excluding hydrogens is 352 g/mol. The summed E-state index contributed by atoms with van der Waals surface area (Å²) < 4.78 is 0. The summed E-state index contributed by atoms with van der Waals surface area (Å²) in [6.07, 6.45) is 3.82. The van der Waals surface area contributed by atoms with Gasteiger partial charge in [0, 0.05) is 50.6 Å². The normalized spacial score (nSPS) is 18.2. The third-order valence-corrected chi connectivity index (χ3v) is 5.56. The molecule has 0 unspecified atom stereocenters. The minimum Gasteiger partial charge on any atom is -0.372 e. The van der Waals surface area contributed by atoms with Gasteiger partial charge in [0.1, 0.15) is 0 Å². The number of benzene rings is 1. The predicted octanol–water partition coefficient (Wildman–Crippen LogP) is 2.47. The summed E-state index contributed by atoms with van der Waals surface area (Å²) in [6.45, 7) is 6.11. The zero-order valence-corrected chi connectivity index (χ0v) is 16.5. The van der Waals surface area contributed by atoms with E-state index in [1.54, 1.807) is 6.07 Å². The van der Waals surface area contributed by atoms with Crippen LogP contribution in [0.15, 0.2) is 36.4 Å². The monoisotopic (exact) mass is 380 g/mol. The minimum absolute atomic E-state index is 0.233. The maximum atomic E-state index is 12.5. The van der Waals surface area contributed by atoms with E-state index in [-0.39, 0.29) is 5.91 Å². The van der Waals surface area contributed by atoms with Crippen LogP contribution >= 0.6 is 0 Å². The molecule has 3 heterocycles. The van der Waals surface area contributed by atoms with Crippen LogP contribution in [0, 0.1) is 0 Å². The molecule has 148 valence electrons. The molecule has 0 radical (unpaired) electrons. The first-order chi connectivity index (χ1) is 13.7. The first kappa shape index (κ1) is 18.7. The van der Waals surface area contributed by atoms with Crippen LogP contribution in [0.1, 0.15) is 29.8 Å². The van der Waals surface area contributed by atoms with Crippen LogP contribution in [0.2, 0.25) is 0 Å². The van der Waals surface area contributed by atoms with Gasteiger partial charge in [-0.1, -0.05) is 0 Å². The van der Waals surface area contributed by atoms with E-state index >= 15 is 0 Å². The molecule has 0 saturated carbocycles. The molecule has 4 rings (SSSR count). The van der Waals surface area contributed by atoms with Gasteiger partial charge >= 0.3 is 0 Å². The van der Waals surface area contributed by atoms with Crippen LogP contribution in [-0.2, 0) is 0 Å². The molecule has 0 spiro atoms. The number of piperazine rings is 1. The maximum Gasteiger partial charge on any atom is 0.276 e. The first-order valence-electron chi connectivity index (χ1n) is 10.1. The van der Waals surface area contributed by atoms with Gasteiger partial charge in [-0.2, -0.15) is 0 Å². The van der Waals surface area contributed by atoms with E-state index in [4.69, 9.17) is 0 Å². The molecule has 2 aromatic rings. The Morgan fingerprint density at radius 1 is 0.821 bits per heavy atom. The Morgan fingerprint density at radius 3 is 2.18 bits per heavy atom. The lowest BCUT2D eigenvalue weighted by Gasteiger charge is -2.32. The largest absolute Gasteiger partial charge is 0.372 e. The van der Waals surface area contributed by atoms with Crippen molar-refractivity contribution in [1.82, 2.24) is 15.1 Å². The molecule has 1 N–H and O–H groups in total. The highest BCUT2D eigenvalue weighted by Crippen LogP contribution is 2.22. The zero-order chi connectivity index (χ0) is 19.3.